The van der Waals surface area contributed by atoms with Crippen LogP contribution < -0.4 is 4.74 Å². The van der Waals surface area contributed by atoms with Gasteiger partial charge in [-0.25, -0.2) is 0 Å². The van der Waals surface area contributed by atoms with Gasteiger partial charge in [-0.3, -0.25) is 0 Å². The molecule has 1 aromatic carbocycles. The molecule has 0 heterocycles. The van der Waals surface area contributed by atoms with Crippen LogP contribution in [0.15, 0.2) is 18.2 Å². The predicted octanol–water partition coefficient (Wildman–Crippen LogP) is 4.41. The van der Waals surface area contributed by atoms with E-state index in [9.17, 15) is 13.2 Å². The van der Waals surface area contributed by atoms with Crippen LogP contribution in [0.5, 0.6) is 5.75 Å². The Balaban J connectivity index is 2.74. The normalized spacial score (nSPS) is 11.6. The second-order valence-electron chi connectivity index (χ2n) is 3.09. The lowest BCUT2D eigenvalue weighted by atomic mass is 10.1. The van der Waals surface area contributed by atoms with Crippen molar-refractivity contribution >= 4 is 23.2 Å². The molecule has 0 aliphatic carbocycles. The molecular formula is C10H9Cl2F3O. The zero-order valence-electron chi connectivity index (χ0n) is 8.15. The van der Waals surface area contributed by atoms with Crippen LogP contribution >= 0.6 is 23.2 Å². The van der Waals surface area contributed by atoms with Crippen molar-refractivity contribution < 1.29 is 17.9 Å². The summed E-state index contributed by atoms with van der Waals surface area (Å²) < 4.78 is 39.4. The second-order valence-corrected chi connectivity index (χ2v) is 3.88. The smallest absolute Gasteiger partial charge is 0.406 e. The summed E-state index contributed by atoms with van der Waals surface area (Å²) in [6, 6.07) is 3.90. The van der Waals surface area contributed by atoms with Gasteiger partial charge in [0.1, 0.15) is 5.75 Å². The molecule has 0 saturated carbocycles. The highest BCUT2D eigenvalue weighted by molar-refractivity contribution is 6.31. The Kier molecular flexibility index (Phi) is 4.74. The number of alkyl halides is 4. The Hall–Kier alpha value is -0.610. The average molecular weight is 273 g/mol. The molecule has 90 valence electrons. The lowest BCUT2D eigenvalue weighted by Gasteiger charge is -2.10. The number of ether oxygens (including phenoxy) is 1. The maximum atomic E-state index is 11.9. The van der Waals surface area contributed by atoms with Crippen molar-refractivity contribution in [2.24, 2.45) is 0 Å². The first-order valence-electron chi connectivity index (χ1n) is 4.52. The first kappa shape index (κ1) is 13.5. The highest BCUT2D eigenvalue weighted by Crippen LogP contribution is 2.28. The summed E-state index contributed by atoms with van der Waals surface area (Å²) in [5.74, 6) is 0.170. The number of hydrogen-bond donors (Lipinski definition) is 0. The molecule has 0 aliphatic rings. The molecule has 0 atom stereocenters. The third-order valence-corrected chi connectivity index (χ3v) is 2.46. The van der Waals surface area contributed by atoms with Crippen molar-refractivity contribution in [2.45, 2.75) is 19.2 Å². The van der Waals surface area contributed by atoms with Gasteiger partial charge < -0.3 is 4.74 Å². The summed E-state index contributed by atoms with van der Waals surface area (Å²) in [7, 11) is 0. The molecule has 0 radical (unpaired) electrons. The fourth-order valence-corrected chi connectivity index (χ4v) is 1.58. The van der Waals surface area contributed by atoms with E-state index in [1.54, 1.807) is 0 Å². The fraction of sp³-hybridized carbons (Fsp3) is 0.400. The molecule has 0 amide bonds. The van der Waals surface area contributed by atoms with E-state index < -0.39 is 6.36 Å². The van der Waals surface area contributed by atoms with E-state index in [1.807, 2.05) is 0 Å². The topological polar surface area (TPSA) is 9.23 Å². The van der Waals surface area contributed by atoms with Crippen LogP contribution in [0.4, 0.5) is 13.2 Å². The van der Waals surface area contributed by atoms with Gasteiger partial charge in [0.05, 0.1) is 0 Å². The largest absolute Gasteiger partial charge is 0.573 e. The quantitative estimate of drug-likeness (QED) is 0.738. The molecule has 0 spiro atoms. The maximum absolute atomic E-state index is 11.9. The monoisotopic (exact) mass is 272 g/mol. The molecule has 6 heteroatoms. The summed E-state index contributed by atoms with van der Waals surface area (Å²) >= 11 is 11.3. The lowest BCUT2D eigenvalue weighted by Crippen LogP contribution is -2.17. The SMILES string of the molecule is FC(F)(F)Oc1ccc(CCCCl)c(Cl)c1. The van der Waals surface area contributed by atoms with E-state index in [-0.39, 0.29) is 10.8 Å². The van der Waals surface area contributed by atoms with Crippen molar-refractivity contribution in [2.75, 3.05) is 5.88 Å². The van der Waals surface area contributed by atoms with E-state index in [4.69, 9.17) is 23.2 Å². The predicted molar refractivity (Wildman–Crippen MR) is 57.2 cm³/mol. The minimum Gasteiger partial charge on any atom is -0.406 e. The molecule has 0 saturated heterocycles. The van der Waals surface area contributed by atoms with E-state index >= 15 is 0 Å². The van der Waals surface area contributed by atoms with Gasteiger partial charge in [-0.1, -0.05) is 17.7 Å². The molecule has 0 fully saturated rings. The molecule has 0 N–H and O–H groups in total. The van der Waals surface area contributed by atoms with Gasteiger partial charge in [0.2, 0.25) is 0 Å². The summed E-state index contributed by atoms with van der Waals surface area (Å²) in [5.41, 5.74) is 0.761. The van der Waals surface area contributed by atoms with Crippen LogP contribution in [-0.2, 0) is 6.42 Å². The van der Waals surface area contributed by atoms with Gasteiger partial charge in [-0.05, 0) is 30.5 Å². The number of hydrogen-bond acceptors (Lipinski definition) is 1. The maximum Gasteiger partial charge on any atom is 0.573 e. The Labute approximate surface area is 101 Å². The van der Waals surface area contributed by atoms with Gasteiger partial charge in [0, 0.05) is 10.9 Å². The van der Waals surface area contributed by atoms with Crippen molar-refractivity contribution in [3.8, 4) is 5.75 Å². The molecular weight excluding hydrogens is 264 g/mol. The van der Waals surface area contributed by atoms with Crippen LogP contribution in [0, 0.1) is 0 Å². The Morgan fingerprint density at radius 1 is 1.25 bits per heavy atom. The third-order valence-electron chi connectivity index (χ3n) is 1.84. The summed E-state index contributed by atoms with van der Waals surface area (Å²) in [6.07, 6.45) is -3.34. The Bertz CT molecular complexity index is 352. The number of aryl methyl sites for hydroxylation is 1. The van der Waals surface area contributed by atoms with Crippen LogP contribution in [0.25, 0.3) is 0 Å². The number of benzene rings is 1. The highest BCUT2D eigenvalue weighted by atomic mass is 35.5. The van der Waals surface area contributed by atoms with Crippen LogP contribution in [-0.4, -0.2) is 12.2 Å². The molecule has 0 aliphatic heterocycles. The van der Waals surface area contributed by atoms with Gasteiger partial charge in [0.15, 0.2) is 0 Å². The molecule has 1 rings (SSSR count). The first-order valence-corrected chi connectivity index (χ1v) is 5.44. The number of halogens is 5. The molecule has 1 nitrogen and oxygen atoms in total. The molecule has 0 aromatic heterocycles. The zero-order valence-corrected chi connectivity index (χ0v) is 9.66. The molecule has 1 aromatic rings. The van der Waals surface area contributed by atoms with Crippen LogP contribution in [0.2, 0.25) is 5.02 Å². The van der Waals surface area contributed by atoms with E-state index in [2.05, 4.69) is 4.74 Å². The zero-order chi connectivity index (χ0) is 12.2. The lowest BCUT2D eigenvalue weighted by molar-refractivity contribution is -0.274. The van der Waals surface area contributed by atoms with Gasteiger partial charge in [-0.15, -0.1) is 24.8 Å². The fourth-order valence-electron chi connectivity index (χ4n) is 1.19. The molecule has 0 bridgehead atoms. The van der Waals surface area contributed by atoms with E-state index in [1.165, 1.54) is 12.1 Å². The van der Waals surface area contributed by atoms with Crippen molar-refractivity contribution in [3.63, 3.8) is 0 Å². The first-order chi connectivity index (χ1) is 7.42. The second kappa shape index (κ2) is 5.64. The van der Waals surface area contributed by atoms with Crippen molar-refractivity contribution in [1.29, 1.82) is 0 Å². The summed E-state index contributed by atoms with van der Waals surface area (Å²) in [6.45, 7) is 0. The van der Waals surface area contributed by atoms with Crippen LogP contribution in [0.3, 0.4) is 0 Å². The molecule has 16 heavy (non-hydrogen) atoms. The van der Waals surface area contributed by atoms with Gasteiger partial charge in [0.25, 0.3) is 0 Å². The average Bonchev–Trinajstić information content (AvgIpc) is 2.14. The minimum absolute atomic E-state index is 0.256. The Morgan fingerprint density at radius 3 is 2.44 bits per heavy atom. The Morgan fingerprint density at radius 2 is 1.94 bits per heavy atom. The minimum atomic E-state index is -4.69. The summed E-state index contributed by atoms with van der Waals surface area (Å²) in [4.78, 5) is 0. The molecule has 0 unspecified atom stereocenters. The van der Waals surface area contributed by atoms with Gasteiger partial charge in [-0.2, -0.15) is 0 Å². The van der Waals surface area contributed by atoms with Crippen molar-refractivity contribution in [1.82, 2.24) is 0 Å². The van der Waals surface area contributed by atoms with Crippen molar-refractivity contribution in [3.05, 3.63) is 28.8 Å². The van der Waals surface area contributed by atoms with Gasteiger partial charge >= 0.3 is 6.36 Å². The van der Waals surface area contributed by atoms with E-state index in [0.717, 1.165) is 18.1 Å². The third kappa shape index (κ3) is 4.49. The standard InChI is InChI=1S/C10H9Cl2F3O/c11-5-1-2-7-3-4-8(6-9(7)12)16-10(13,14)15/h3-4,6H,1-2,5H2. The highest BCUT2D eigenvalue weighted by Gasteiger charge is 2.31. The van der Waals surface area contributed by atoms with Crippen LogP contribution in [0.1, 0.15) is 12.0 Å². The number of rotatable bonds is 4. The van der Waals surface area contributed by atoms with E-state index in [0.29, 0.717) is 12.3 Å². The summed E-state index contributed by atoms with van der Waals surface area (Å²) in [5, 5.41) is 0.256.